The van der Waals surface area contributed by atoms with Crippen molar-refractivity contribution in [1.29, 1.82) is 0 Å². The van der Waals surface area contributed by atoms with E-state index in [2.05, 4.69) is 5.10 Å². The number of nitrogens with zero attached hydrogens (tertiary/aromatic N) is 2. The predicted octanol–water partition coefficient (Wildman–Crippen LogP) is 1.57. The molecule has 68 valence electrons. The van der Waals surface area contributed by atoms with E-state index in [1.54, 1.807) is 10.9 Å². The van der Waals surface area contributed by atoms with Gasteiger partial charge >= 0.3 is 0 Å². The van der Waals surface area contributed by atoms with Gasteiger partial charge in [0.1, 0.15) is 7.85 Å². The maximum atomic E-state index is 5.50. The molecule has 0 fully saturated rings. The van der Waals surface area contributed by atoms with Gasteiger partial charge in [0.2, 0.25) is 0 Å². The summed E-state index contributed by atoms with van der Waals surface area (Å²) in [6.45, 7) is 9.93. The molecule has 0 amide bonds. The lowest BCUT2D eigenvalue weighted by Crippen LogP contribution is -2.16. The third-order valence-electron chi connectivity index (χ3n) is 1.18. The average molecular weight is 166 g/mol. The smallest absolute Gasteiger partial charge is 0.141 e. The minimum Gasteiger partial charge on any atom is -0.283 e. The fourth-order valence-corrected chi connectivity index (χ4v) is 0.557. The first-order valence-corrected chi connectivity index (χ1v) is 4.46. The molecular formula is C9H19BN2. The molecular weight excluding hydrogens is 147 g/mol. The Kier molecular flexibility index (Phi) is 9.65. The van der Waals surface area contributed by atoms with Gasteiger partial charge in [0.25, 0.3) is 0 Å². The summed E-state index contributed by atoms with van der Waals surface area (Å²) >= 11 is 0. The zero-order chi connectivity index (χ0) is 10.1. The van der Waals surface area contributed by atoms with Gasteiger partial charge in [0.15, 0.2) is 0 Å². The van der Waals surface area contributed by atoms with E-state index in [-0.39, 0.29) is 0 Å². The van der Waals surface area contributed by atoms with E-state index in [9.17, 15) is 0 Å². The summed E-state index contributed by atoms with van der Waals surface area (Å²) in [6.07, 6.45) is 1.75. The normalized spacial score (nSPS) is 7.50. The van der Waals surface area contributed by atoms with Crippen molar-refractivity contribution in [3.05, 3.63) is 11.8 Å². The number of aromatic nitrogens is 2. The minimum absolute atomic E-state index is 0.741. The van der Waals surface area contributed by atoms with Crippen LogP contribution in [0.2, 0.25) is 0 Å². The lowest BCUT2D eigenvalue weighted by molar-refractivity contribution is 0.789. The van der Waals surface area contributed by atoms with Gasteiger partial charge in [-0.1, -0.05) is 27.7 Å². The molecule has 1 heterocycles. The van der Waals surface area contributed by atoms with Crippen LogP contribution >= 0.6 is 0 Å². The average Bonchev–Trinajstić information content (AvgIpc) is 2.43. The Balaban J connectivity index is 0. The highest BCUT2D eigenvalue weighted by Crippen LogP contribution is 1.84. The summed E-state index contributed by atoms with van der Waals surface area (Å²) in [4.78, 5) is 0. The summed E-state index contributed by atoms with van der Waals surface area (Å²) < 4.78 is 1.65. The zero-order valence-corrected chi connectivity index (χ0v) is 9.05. The molecule has 0 spiro atoms. The Hall–Kier alpha value is -0.725. The van der Waals surface area contributed by atoms with Crippen LogP contribution in [-0.2, 0) is 7.05 Å². The van der Waals surface area contributed by atoms with Crippen LogP contribution in [0.1, 0.15) is 33.3 Å². The van der Waals surface area contributed by atoms with Gasteiger partial charge in [-0.05, 0) is 18.1 Å². The lowest BCUT2D eigenvalue weighted by Gasteiger charge is -1.91. The van der Waals surface area contributed by atoms with Gasteiger partial charge in [0, 0.05) is 7.05 Å². The first-order chi connectivity index (χ1) is 5.72. The Morgan fingerprint density at radius 3 is 1.75 bits per heavy atom. The van der Waals surface area contributed by atoms with Gasteiger partial charge in [-0.25, -0.2) is 0 Å². The Morgan fingerprint density at radius 1 is 1.25 bits per heavy atom. The topological polar surface area (TPSA) is 17.8 Å². The van der Waals surface area contributed by atoms with Crippen molar-refractivity contribution in [2.75, 3.05) is 0 Å². The largest absolute Gasteiger partial charge is 0.283 e. The van der Waals surface area contributed by atoms with E-state index in [0.717, 1.165) is 11.2 Å². The molecule has 1 aromatic rings. The predicted molar refractivity (Wildman–Crippen MR) is 56.0 cm³/mol. The summed E-state index contributed by atoms with van der Waals surface area (Å²) in [7, 11) is 7.32. The third-order valence-corrected chi connectivity index (χ3v) is 1.18. The fraction of sp³-hybridized carbons (Fsp3) is 0.667. The first kappa shape index (κ1) is 13.8. The van der Waals surface area contributed by atoms with Crippen molar-refractivity contribution < 1.29 is 0 Å². The molecule has 0 aromatic carbocycles. The summed E-state index contributed by atoms with van der Waals surface area (Å²) in [6, 6.07) is 0. The molecule has 3 heteroatoms. The quantitative estimate of drug-likeness (QED) is 0.535. The van der Waals surface area contributed by atoms with Crippen LogP contribution in [0.3, 0.4) is 0 Å². The molecule has 1 aromatic heterocycles. The molecule has 0 saturated carbocycles. The maximum absolute atomic E-state index is 5.50. The van der Waals surface area contributed by atoms with Gasteiger partial charge in [-0.15, -0.1) is 0 Å². The van der Waals surface area contributed by atoms with Gasteiger partial charge < -0.3 is 0 Å². The van der Waals surface area contributed by atoms with E-state index >= 15 is 0 Å². The second kappa shape index (κ2) is 8.37. The molecule has 12 heavy (non-hydrogen) atoms. The SMILES string of the molecule is CC.CC.[B]c1c(C)cnn1C. The maximum Gasteiger partial charge on any atom is 0.141 e. The summed E-state index contributed by atoms with van der Waals surface area (Å²) in [5, 5.41) is 3.91. The molecule has 2 nitrogen and oxygen atoms in total. The first-order valence-electron chi connectivity index (χ1n) is 4.46. The van der Waals surface area contributed by atoms with Crippen molar-refractivity contribution in [2.24, 2.45) is 7.05 Å². The van der Waals surface area contributed by atoms with E-state index in [0.29, 0.717) is 0 Å². The standard InChI is InChI=1S/C5H7BN2.2C2H6/c1-4-3-7-8(2)5(4)6;2*1-2/h3H,1-2H3;2*1-2H3. The van der Waals surface area contributed by atoms with Crippen molar-refractivity contribution in [3.8, 4) is 0 Å². The van der Waals surface area contributed by atoms with Crippen LogP contribution in [0.15, 0.2) is 6.20 Å². The van der Waals surface area contributed by atoms with Gasteiger partial charge in [-0.2, -0.15) is 5.10 Å². The third kappa shape index (κ3) is 4.22. The second-order valence-corrected chi connectivity index (χ2v) is 1.84. The number of hydrogen-bond acceptors (Lipinski definition) is 1. The fourth-order valence-electron chi connectivity index (χ4n) is 0.557. The van der Waals surface area contributed by atoms with Crippen LogP contribution in [0.5, 0.6) is 0 Å². The molecule has 0 atom stereocenters. The number of rotatable bonds is 0. The zero-order valence-electron chi connectivity index (χ0n) is 9.05. The Bertz CT molecular complexity index is 175. The van der Waals surface area contributed by atoms with E-state index in [1.165, 1.54) is 0 Å². The van der Waals surface area contributed by atoms with Crippen molar-refractivity contribution in [3.63, 3.8) is 0 Å². The van der Waals surface area contributed by atoms with Crippen LogP contribution < -0.4 is 5.59 Å². The van der Waals surface area contributed by atoms with E-state index in [1.807, 2.05) is 41.7 Å². The molecule has 0 bridgehead atoms. The Morgan fingerprint density at radius 2 is 1.67 bits per heavy atom. The van der Waals surface area contributed by atoms with E-state index in [4.69, 9.17) is 7.85 Å². The van der Waals surface area contributed by atoms with E-state index < -0.39 is 0 Å². The highest BCUT2D eigenvalue weighted by atomic mass is 15.2. The minimum atomic E-state index is 0.741. The van der Waals surface area contributed by atoms with Crippen LogP contribution in [0.4, 0.5) is 0 Å². The molecule has 2 radical (unpaired) electrons. The molecule has 0 saturated heterocycles. The highest BCUT2D eigenvalue weighted by molar-refractivity contribution is 6.31. The molecule has 0 aliphatic rings. The van der Waals surface area contributed by atoms with Gasteiger partial charge in [-0.3, -0.25) is 4.68 Å². The molecule has 0 aliphatic heterocycles. The monoisotopic (exact) mass is 166 g/mol. The van der Waals surface area contributed by atoms with Gasteiger partial charge in [0.05, 0.1) is 6.20 Å². The summed E-state index contributed by atoms with van der Waals surface area (Å²) in [5.41, 5.74) is 1.78. The molecule has 0 aliphatic carbocycles. The molecule has 0 N–H and O–H groups in total. The molecule has 0 unspecified atom stereocenters. The number of aryl methyl sites for hydroxylation is 2. The highest BCUT2D eigenvalue weighted by Gasteiger charge is 1.93. The second-order valence-electron chi connectivity index (χ2n) is 1.84. The van der Waals surface area contributed by atoms with Crippen molar-refractivity contribution >= 4 is 13.4 Å². The van der Waals surface area contributed by atoms with Crippen LogP contribution in [-0.4, -0.2) is 17.6 Å². The Labute approximate surface area is 77.4 Å². The van der Waals surface area contributed by atoms with Crippen molar-refractivity contribution in [1.82, 2.24) is 9.78 Å². The lowest BCUT2D eigenvalue weighted by atomic mass is 10.0. The summed E-state index contributed by atoms with van der Waals surface area (Å²) in [5.74, 6) is 0. The van der Waals surface area contributed by atoms with Crippen molar-refractivity contribution in [2.45, 2.75) is 34.6 Å². The number of hydrogen-bond donors (Lipinski definition) is 0. The van der Waals surface area contributed by atoms with Crippen LogP contribution in [0.25, 0.3) is 0 Å². The molecule has 1 rings (SSSR count). The van der Waals surface area contributed by atoms with Crippen LogP contribution in [0, 0.1) is 6.92 Å².